The Balaban J connectivity index is 3.23. The predicted molar refractivity (Wildman–Crippen MR) is 33.5 cm³/mol. The van der Waals surface area contributed by atoms with Gasteiger partial charge in [0.05, 0.1) is 0 Å². The fourth-order valence-electron chi connectivity index (χ4n) is 0.506. The Kier molecular flexibility index (Phi) is 3.49. The fraction of sp³-hybridized carbons (Fsp3) is 0.800. The summed E-state index contributed by atoms with van der Waals surface area (Å²) in [7, 11) is 1.88. The maximum Gasteiger partial charge on any atom is 0.155 e. The van der Waals surface area contributed by atoms with Gasteiger partial charge in [-0.3, -0.25) is 0 Å². The van der Waals surface area contributed by atoms with Gasteiger partial charge in [0.2, 0.25) is 0 Å². The van der Waals surface area contributed by atoms with Crippen molar-refractivity contribution < 1.29 is 9.18 Å². The molecule has 0 fully saturated rings. The molecule has 8 heavy (non-hydrogen) atoms. The van der Waals surface area contributed by atoms with Gasteiger partial charge in [-0.15, -0.1) is 0 Å². The molecule has 0 radical (unpaired) electrons. The Labute approximate surface area is 49.7 Å². The lowest BCUT2D eigenvalue weighted by molar-refractivity contribution is -0.112. The van der Waals surface area contributed by atoms with Crippen LogP contribution in [0.25, 0.3) is 0 Å². The van der Waals surface area contributed by atoms with Crippen LogP contribution in [0, 0.1) is 0 Å². The average Bonchev–Trinajstić information content (AvgIpc) is 1.65. The van der Waals surface area contributed by atoms with Gasteiger partial charge in [0.25, 0.3) is 0 Å². The van der Waals surface area contributed by atoms with Gasteiger partial charge in [0.15, 0.2) is 12.5 Å². The Morgan fingerprint density at radius 2 is 2.38 bits per heavy atom. The Hall–Kier alpha value is -0.335. The molecular weight excluding hydrogens is 106 g/mol. The summed E-state index contributed by atoms with van der Waals surface area (Å²) in [5, 5.41) is 0. The summed E-state index contributed by atoms with van der Waals surface area (Å²) in [6.07, 6.45) is -0.557. The maximum absolute atomic E-state index is 12.0. The topological polar surface area (TPSA) is 17.1 Å². The molecule has 0 aliphatic rings. The number of carbonyl (C=O) groups excluding carboxylic acids is 1. The van der Waals surface area contributed by atoms with Crippen molar-refractivity contribution in [3.05, 3.63) is 0 Å². The van der Waals surface area contributed by atoms with E-state index in [1.165, 1.54) is 0 Å². The van der Waals surface area contributed by atoms with Gasteiger partial charge in [-0.05, 0) is 6.42 Å². The Morgan fingerprint density at radius 1 is 1.88 bits per heavy atom. The van der Waals surface area contributed by atoms with Crippen LogP contribution in [0.4, 0.5) is 4.39 Å². The average molecular weight is 116 g/mol. The molecule has 46 valence electrons. The summed E-state index contributed by atoms with van der Waals surface area (Å²) in [5.74, 6) is 0.273. The second-order valence-corrected chi connectivity index (χ2v) is 2.28. The van der Waals surface area contributed by atoms with E-state index in [0.29, 0.717) is 12.7 Å². The van der Waals surface area contributed by atoms with E-state index in [-0.39, 0.29) is 5.82 Å². The third-order valence-corrected chi connectivity index (χ3v) is 0.844. The summed E-state index contributed by atoms with van der Waals surface area (Å²) < 4.78 is 12.0. The van der Waals surface area contributed by atoms with Gasteiger partial charge in [0, 0.05) is 0 Å². The molecule has 1 nitrogen and oxygen atoms in total. The zero-order valence-corrected chi connectivity index (χ0v) is 5.23. The minimum absolute atomic E-state index is 0.273. The summed E-state index contributed by atoms with van der Waals surface area (Å²) in [6, 6.07) is 0. The van der Waals surface area contributed by atoms with E-state index in [1.807, 2.05) is 14.8 Å². The van der Waals surface area contributed by atoms with E-state index in [4.69, 9.17) is 0 Å². The van der Waals surface area contributed by atoms with Crippen LogP contribution in [0.2, 0.25) is 5.82 Å². The van der Waals surface area contributed by atoms with Crippen molar-refractivity contribution in [1.29, 1.82) is 0 Å². The molecule has 0 heterocycles. The predicted octanol–water partition coefficient (Wildman–Crippen LogP) is 0.355. The summed E-state index contributed by atoms with van der Waals surface area (Å²) in [5.41, 5.74) is 0. The smallest absolute Gasteiger partial charge is 0.155 e. The number of hydrogen-bond acceptors (Lipinski definition) is 1. The Bertz CT molecular complexity index is 74.8. The number of rotatable bonds is 3. The van der Waals surface area contributed by atoms with Crippen molar-refractivity contribution in [2.24, 2.45) is 0 Å². The molecule has 0 saturated heterocycles. The van der Waals surface area contributed by atoms with Crippen molar-refractivity contribution in [2.45, 2.75) is 25.3 Å². The molecule has 0 aliphatic carbocycles. The number of carbonyl (C=O) groups is 1. The Morgan fingerprint density at radius 3 is 2.50 bits per heavy atom. The molecule has 0 saturated carbocycles. The van der Waals surface area contributed by atoms with Gasteiger partial charge in [-0.1, -0.05) is 12.7 Å². The number of aldehydes is 1. The standard InChI is InChI=1S/C5H10BFO/c1-4(6)2-5(7)3-8/h3-5H,2,6H2,1H3/t4-,5-/m0/s1. The summed E-state index contributed by atoms with van der Waals surface area (Å²) in [6.45, 7) is 1.88. The lowest BCUT2D eigenvalue weighted by Crippen LogP contribution is -2.03. The molecule has 0 bridgehead atoms. The van der Waals surface area contributed by atoms with E-state index >= 15 is 0 Å². The molecular formula is C5H10BFO. The number of alkyl halides is 1. The van der Waals surface area contributed by atoms with Crippen molar-refractivity contribution in [2.75, 3.05) is 0 Å². The van der Waals surface area contributed by atoms with Crippen LogP contribution >= 0.6 is 0 Å². The number of hydrogen-bond donors (Lipinski definition) is 0. The second kappa shape index (κ2) is 3.64. The maximum atomic E-state index is 12.0. The van der Waals surface area contributed by atoms with Crippen LogP contribution in [0.3, 0.4) is 0 Å². The summed E-state index contributed by atoms with van der Waals surface area (Å²) >= 11 is 0. The zero-order valence-electron chi connectivity index (χ0n) is 5.23. The molecule has 0 aromatic carbocycles. The van der Waals surface area contributed by atoms with Crippen molar-refractivity contribution >= 4 is 14.1 Å². The monoisotopic (exact) mass is 116 g/mol. The van der Waals surface area contributed by atoms with Gasteiger partial charge < -0.3 is 4.79 Å². The van der Waals surface area contributed by atoms with E-state index < -0.39 is 6.17 Å². The van der Waals surface area contributed by atoms with E-state index in [0.717, 1.165) is 0 Å². The van der Waals surface area contributed by atoms with Gasteiger partial charge in [-0.25, -0.2) is 4.39 Å². The molecule has 0 aromatic rings. The van der Waals surface area contributed by atoms with Crippen LogP contribution < -0.4 is 0 Å². The number of halogens is 1. The third kappa shape index (κ3) is 3.84. The van der Waals surface area contributed by atoms with Crippen LogP contribution in [0.15, 0.2) is 0 Å². The minimum atomic E-state index is -1.25. The highest BCUT2D eigenvalue weighted by molar-refractivity contribution is 6.11. The van der Waals surface area contributed by atoms with Gasteiger partial charge in [0.1, 0.15) is 7.85 Å². The first-order valence-electron chi connectivity index (χ1n) is 2.76. The van der Waals surface area contributed by atoms with Crippen LogP contribution in [-0.4, -0.2) is 20.3 Å². The molecule has 0 spiro atoms. The fourth-order valence-corrected chi connectivity index (χ4v) is 0.506. The van der Waals surface area contributed by atoms with E-state index in [2.05, 4.69) is 0 Å². The SMILES string of the molecule is B[C@@H](C)C[C@H](F)C=O. The first-order valence-corrected chi connectivity index (χ1v) is 2.76. The highest BCUT2D eigenvalue weighted by Gasteiger charge is 2.05. The van der Waals surface area contributed by atoms with Gasteiger partial charge in [-0.2, -0.15) is 0 Å². The van der Waals surface area contributed by atoms with Crippen molar-refractivity contribution in [1.82, 2.24) is 0 Å². The molecule has 0 amide bonds. The highest BCUT2D eigenvalue weighted by Crippen LogP contribution is 2.07. The second-order valence-electron chi connectivity index (χ2n) is 2.28. The van der Waals surface area contributed by atoms with Crippen LogP contribution in [0.5, 0.6) is 0 Å². The molecule has 0 unspecified atom stereocenters. The van der Waals surface area contributed by atoms with Crippen molar-refractivity contribution in [3.8, 4) is 0 Å². The van der Waals surface area contributed by atoms with Crippen LogP contribution in [-0.2, 0) is 4.79 Å². The molecule has 2 atom stereocenters. The largest absolute Gasteiger partial charge is 0.300 e. The lowest BCUT2D eigenvalue weighted by atomic mass is 9.85. The minimum Gasteiger partial charge on any atom is -0.300 e. The van der Waals surface area contributed by atoms with Gasteiger partial charge >= 0.3 is 0 Å². The zero-order chi connectivity index (χ0) is 6.57. The molecule has 0 aliphatic heterocycles. The van der Waals surface area contributed by atoms with E-state index in [1.54, 1.807) is 0 Å². The van der Waals surface area contributed by atoms with Crippen molar-refractivity contribution in [3.63, 3.8) is 0 Å². The highest BCUT2D eigenvalue weighted by atomic mass is 19.1. The normalized spacial score (nSPS) is 17.2. The molecule has 0 rings (SSSR count). The first-order chi connectivity index (χ1) is 3.66. The quantitative estimate of drug-likeness (QED) is 0.384. The third-order valence-electron chi connectivity index (χ3n) is 0.844. The molecule has 0 aromatic heterocycles. The van der Waals surface area contributed by atoms with E-state index in [9.17, 15) is 9.18 Å². The molecule has 0 N–H and O–H groups in total. The summed E-state index contributed by atoms with van der Waals surface area (Å²) in [4.78, 5) is 9.67. The molecule has 3 heteroatoms. The van der Waals surface area contributed by atoms with Crippen LogP contribution in [0.1, 0.15) is 13.3 Å². The lowest BCUT2D eigenvalue weighted by Gasteiger charge is -2.01. The first kappa shape index (κ1) is 7.66.